The lowest BCUT2D eigenvalue weighted by atomic mass is 9.79. The molecule has 1 saturated heterocycles. The van der Waals surface area contributed by atoms with Crippen LogP contribution in [0.4, 0.5) is 4.79 Å². The van der Waals surface area contributed by atoms with Crippen LogP contribution in [0.2, 0.25) is 20.1 Å². The van der Waals surface area contributed by atoms with E-state index in [4.69, 9.17) is 75.3 Å². The molecule has 4 aromatic heterocycles. The van der Waals surface area contributed by atoms with Gasteiger partial charge in [0.2, 0.25) is 17.7 Å². The number of halogens is 4. The largest absolute Gasteiger partial charge is 0.513 e. The molecule has 10 rings (SSSR count). The lowest BCUT2D eigenvalue weighted by Gasteiger charge is -2.39. The van der Waals surface area contributed by atoms with E-state index >= 15 is 0 Å². The number of carbonyl (C=O) groups is 4. The van der Waals surface area contributed by atoms with Crippen LogP contribution in [-0.4, -0.2) is 58.8 Å². The van der Waals surface area contributed by atoms with Crippen LogP contribution < -0.4 is 20.1 Å². The predicted molar refractivity (Wildman–Crippen MR) is 335 cm³/mol. The molecular formula is C63H68Cl4N4O8S4. The van der Waals surface area contributed by atoms with Crippen LogP contribution in [0.25, 0.3) is 0 Å². The van der Waals surface area contributed by atoms with E-state index in [-0.39, 0.29) is 41.8 Å². The van der Waals surface area contributed by atoms with Gasteiger partial charge in [0, 0.05) is 44.8 Å². The molecule has 3 atom stereocenters. The molecule has 0 spiro atoms. The van der Waals surface area contributed by atoms with E-state index in [9.17, 15) is 19.2 Å². The van der Waals surface area contributed by atoms with Crippen molar-refractivity contribution in [3.63, 3.8) is 0 Å². The molecule has 2 saturated carbocycles. The molecule has 6 aromatic rings. The Morgan fingerprint density at radius 1 is 0.651 bits per heavy atom. The molecule has 0 radical (unpaired) electrons. The van der Waals surface area contributed by atoms with Gasteiger partial charge >= 0.3 is 6.16 Å². The van der Waals surface area contributed by atoms with Crippen LogP contribution in [0.15, 0.2) is 127 Å². The molecule has 440 valence electrons. The molecule has 83 heavy (non-hydrogen) atoms. The van der Waals surface area contributed by atoms with Crippen molar-refractivity contribution < 1.29 is 38.1 Å². The molecule has 0 bridgehead atoms. The number of piperidine rings is 1. The maximum absolute atomic E-state index is 14.1. The number of nitrogens with one attached hydrogen (secondary N) is 2. The second kappa shape index (κ2) is 30.5. The minimum atomic E-state index is -1.13. The van der Waals surface area contributed by atoms with Crippen molar-refractivity contribution in [2.24, 2.45) is 11.8 Å². The first-order chi connectivity index (χ1) is 40.3. The van der Waals surface area contributed by atoms with Crippen molar-refractivity contribution in [1.29, 1.82) is 0 Å². The topological polar surface area (TPSA) is 155 Å². The van der Waals surface area contributed by atoms with Crippen molar-refractivity contribution in [2.45, 2.75) is 149 Å². The summed E-state index contributed by atoms with van der Waals surface area (Å²) in [6.45, 7) is 3.69. The molecule has 4 aliphatic rings. The highest BCUT2D eigenvalue weighted by molar-refractivity contribution is 8.04. The Morgan fingerprint density at radius 2 is 1.18 bits per heavy atom. The van der Waals surface area contributed by atoms with E-state index in [1.54, 1.807) is 36.4 Å². The summed E-state index contributed by atoms with van der Waals surface area (Å²) in [7, 11) is 0. The van der Waals surface area contributed by atoms with E-state index in [2.05, 4.69) is 17.6 Å². The van der Waals surface area contributed by atoms with Gasteiger partial charge in [0.15, 0.2) is 5.78 Å². The number of pyridine rings is 2. The number of benzene rings is 2. The van der Waals surface area contributed by atoms with E-state index in [1.165, 1.54) is 93.3 Å². The van der Waals surface area contributed by atoms with Crippen molar-refractivity contribution in [3.8, 4) is 11.8 Å². The van der Waals surface area contributed by atoms with Gasteiger partial charge in [0.25, 0.3) is 5.91 Å². The Kier molecular flexibility index (Phi) is 23.1. The number of nitrogens with zero attached hydrogens (tertiary/aromatic N) is 2. The van der Waals surface area contributed by atoms with Gasteiger partial charge in [-0.1, -0.05) is 148 Å². The second-order valence-electron chi connectivity index (χ2n) is 21.4. The third-order valence-electron chi connectivity index (χ3n) is 15.4. The van der Waals surface area contributed by atoms with E-state index in [1.807, 2.05) is 70.1 Å². The van der Waals surface area contributed by atoms with Gasteiger partial charge in [0.1, 0.15) is 27.0 Å². The lowest BCUT2D eigenvalue weighted by molar-refractivity contribution is -0.133. The van der Waals surface area contributed by atoms with Gasteiger partial charge in [-0.15, -0.1) is 11.8 Å². The number of aromatic nitrogens is 2. The van der Waals surface area contributed by atoms with E-state index < -0.39 is 28.4 Å². The van der Waals surface area contributed by atoms with Crippen LogP contribution in [0, 0.1) is 11.8 Å². The van der Waals surface area contributed by atoms with Crippen molar-refractivity contribution in [2.75, 3.05) is 19.8 Å². The smallest absolute Gasteiger partial charge is 0.477 e. The fourth-order valence-corrected chi connectivity index (χ4v) is 15.3. The first kappa shape index (κ1) is 62.7. The summed E-state index contributed by atoms with van der Waals surface area (Å²) < 4.78 is 23.6. The zero-order chi connectivity index (χ0) is 58.2. The van der Waals surface area contributed by atoms with Crippen molar-refractivity contribution in [3.05, 3.63) is 160 Å². The molecule has 3 unspecified atom stereocenters. The van der Waals surface area contributed by atoms with Crippen molar-refractivity contribution >= 4 is 116 Å². The molecule has 12 nitrogen and oxygen atoms in total. The summed E-state index contributed by atoms with van der Waals surface area (Å²) >= 11 is 30.4. The number of thiophene rings is 2. The number of hydrogen-bond donors (Lipinski definition) is 2. The highest BCUT2D eigenvalue weighted by atomic mass is 35.5. The summed E-state index contributed by atoms with van der Waals surface area (Å²) in [6.07, 6.45) is 18.0. The number of thioether (sulfide) groups is 2. The number of hydrogen-bond acceptors (Lipinski definition) is 14. The Hall–Kier alpha value is -4.78. The minimum absolute atomic E-state index is 0.0738. The van der Waals surface area contributed by atoms with Gasteiger partial charge < -0.3 is 29.6 Å². The maximum Gasteiger partial charge on any atom is 0.513 e. The normalized spacial score (nSPS) is 20.2. The average Bonchev–Trinajstić information content (AvgIpc) is 4.51. The van der Waals surface area contributed by atoms with Crippen molar-refractivity contribution in [1.82, 2.24) is 20.6 Å². The molecule has 2 aromatic carbocycles. The Balaban J connectivity index is 0.000000209. The molecule has 20 heteroatoms. The summed E-state index contributed by atoms with van der Waals surface area (Å²) in [6, 6.07) is 25.0. The summed E-state index contributed by atoms with van der Waals surface area (Å²) in [4.78, 5) is 65.1. The minimum Gasteiger partial charge on any atom is -0.477 e. The Morgan fingerprint density at radius 3 is 1.72 bits per heavy atom. The number of unbranched alkanes of at least 4 members (excludes halogenated alkanes) is 7. The number of rotatable bonds is 24. The Labute approximate surface area is 522 Å². The lowest BCUT2D eigenvalue weighted by Crippen LogP contribution is -2.58. The van der Waals surface area contributed by atoms with Crippen LogP contribution >= 0.6 is 92.6 Å². The summed E-state index contributed by atoms with van der Waals surface area (Å²) in [5.41, 5.74) is 0.630. The SMILES string of the molecule is CCCCCCCCCCOC(=O)OC1=C(Sc2cc(Cl)ccc2Cl)C(=O)NC(c2ccsc2)(c2cccc(OCC3CCCC3)n2)C1.O=C1CC(c2ccsc2)(c2cccc(OCC3CCCC3)n2)NC(=O)C1Sc1cc(Cl)ccc1Cl. The van der Waals surface area contributed by atoms with E-state index in [0.717, 1.165) is 66.8 Å². The predicted octanol–water partition coefficient (Wildman–Crippen LogP) is 17.6. The van der Waals surface area contributed by atoms with Crippen LogP contribution in [-0.2, 0) is 34.9 Å². The molecular weight excluding hydrogens is 1210 g/mol. The average molecular weight is 1280 g/mol. The molecule has 2 aliphatic heterocycles. The number of ketones is 1. The maximum atomic E-state index is 14.1. The first-order valence-electron chi connectivity index (χ1n) is 28.6. The van der Waals surface area contributed by atoms with Gasteiger partial charge in [-0.2, -0.15) is 22.7 Å². The van der Waals surface area contributed by atoms with Crippen LogP contribution in [0.1, 0.15) is 145 Å². The van der Waals surface area contributed by atoms with E-state index in [0.29, 0.717) is 78.1 Å². The molecule has 2 N–H and O–H groups in total. The standard InChI is InChI=1S/C37H44Cl2N2O5S2.C26H24Cl2N2O3S2/c1-2-3-4-5-6-7-8-11-20-44-36(43)46-30-23-37(27-19-21-47-25-27,32-15-12-16-33(40-32)45-24-26-13-9-10-14-26)41-35(42)34(30)48-31-22-28(38)17-18-29(31)39;27-18-8-9-19(28)21(12-18)35-24-20(31)13-26(30-25(24)32,17-10-11-34-15-17)22-6-3-7-23(29-22)33-14-16-4-1-2-5-16/h12,15-19,21-22,25-26H,2-11,13-14,20,23-24H2,1H3,(H,41,42);3,6-12,15-16,24H,1-2,4-5,13-14H2,(H,30,32). The molecule has 2 amide bonds. The summed E-state index contributed by atoms with van der Waals surface area (Å²) in [5.74, 6) is 1.24. The fraction of sp³-hybridized carbons (Fsp3) is 0.429. The van der Waals surface area contributed by atoms with Gasteiger partial charge in [-0.3, -0.25) is 14.4 Å². The molecule has 6 heterocycles. The highest BCUT2D eigenvalue weighted by Gasteiger charge is 2.49. The third kappa shape index (κ3) is 16.6. The zero-order valence-electron chi connectivity index (χ0n) is 46.3. The van der Waals surface area contributed by atoms with Gasteiger partial charge in [-0.25, -0.2) is 14.8 Å². The second-order valence-corrected chi connectivity index (χ2v) is 26.9. The fourth-order valence-electron chi connectivity index (χ4n) is 10.9. The molecule has 3 fully saturated rings. The number of Topliss-reactive ketones (excluding diaryl/α,β-unsaturated/α-hetero) is 1. The quantitative estimate of drug-likeness (QED) is 0.0337. The number of amides is 2. The first-order valence-corrected chi connectivity index (χ1v) is 33.7. The monoisotopic (exact) mass is 1280 g/mol. The third-order valence-corrected chi connectivity index (χ3v) is 20.6. The molecule has 2 aliphatic carbocycles. The van der Waals surface area contributed by atoms with Crippen LogP contribution in [0.3, 0.4) is 0 Å². The van der Waals surface area contributed by atoms with Gasteiger partial charge in [0.05, 0.1) is 41.3 Å². The number of carbonyl (C=O) groups excluding carboxylic acids is 4. The summed E-state index contributed by atoms with van der Waals surface area (Å²) in [5, 5.41) is 15.1. The number of ether oxygens (including phenoxy) is 4. The van der Waals surface area contributed by atoms with Crippen LogP contribution in [0.5, 0.6) is 11.8 Å². The highest BCUT2D eigenvalue weighted by Crippen LogP contribution is 2.47. The zero-order valence-corrected chi connectivity index (χ0v) is 52.6. The Bertz CT molecular complexity index is 3170. The van der Waals surface area contributed by atoms with Gasteiger partial charge in [-0.05, 0) is 137 Å².